The van der Waals surface area contributed by atoms with Crippen molar-refractivity contribution in [3.8, 4) is 0 Å². The molecule has 0 amide bonds. The van der Waals surface area contributed by atoms with Crippen LogP contribution in [0.1, 0.15) is 12.0 Å². The third kappa shape index (κ3) is 3.26. The molecule has 0 aliphatic carbocycles. The van der Waals surface area contributed by atoms with Crippen molar-refractivity contribution < 1.29 is 22.3 Å². The highest BCUT2D eigenvalue weighted by molar-refractivity contribution is 7.91. The number of rotatable bonds is 3. The zero-order chi connectivity index (χ0) is 13.3. The van der Waals surface area contributed by atoms with E-state index in [-0.39, 0.29) is 23.8 Å². The first-order valence-corrected chi connectivity index (χ1v) is 7.51. The summed E-state index contributed by atoms with van der Waals surface area (Å²) >= 11 is 0. The lowest BCUT2D eigenvalue weighted by Crippen LogP contribution is -2.24. The summed E-state index contributed by atoms with van der Waals surface area (Å²) in [5.41, 5.74) is 0.337. The van der Waals surface area contributed by atoms with Crippen molar-refractivity contribution in [2.24, 2.45) is 5.92 Å². The van der Waals surface area contributed by atoms with Crippen LogP contribution in [0.25, 0.3) is 0 Å². The number of halogens is 2. The Bertz CT molecular complexity index is 522. The zero-order valence-electron chi connectivity index (χ0n) is 9.64. The van der Waals surface area contributed by atoms with E-state index in [1.807, 2.05) is 0 Å². The van der Waals surface area contributed by atoms with E-state index >= 15 is 0 Å². The first-order valence-electron chi connectivity index (χ1n) is 5.69. The van der Waals surface area contributed by atoms with E-state index in [4.69, 9.17) is 0 Å². The first-order chi connectivity index (χ1) is 8.35. The molecule has 1 saturated heterocycles. The van der Waals surface area contributed by atoms with Gasteiger partial charge in [-0.05, 0) is 30.5 Å². The van der Waals surface area contributed by atoms with Crippen molar-refractivity contribution in [2.75, 3.05) is 11.5 Å². The third-order valence-corrected chi connectivity index (χ3v) is 4.97. The summed E-state index contributed by atoms with van der Waals surface area (Å²) in [4.78, 5) is 0. The summed E-state index contributed by atoms with van der Waals surface area (Å²) < 4.78 is 48.5. The van der Waals surface area contributed by atoms with Crippen molar-refractivity contribution in [1.82, 2.24) is 0 Å². The average molecular weight is 276 g/mol. The molecule has 0 spiro atoms. The summed E-state index contributed by atoms with van der Waals surface area (Å²) in [5, 5.41) is 9.91. The van der Waals surface area contributed by atoms with Crippen LogP contribution in [0.15, 0.2) is 18.2 Å². The quantitative estimate of drug-likeness (QED) is 0.905. The van der Waals surface area contributed by atoms with Crippen LogP contribution in [-0.4, -0.2) is 31.1 Å². The Hall–Kier alpha value is -1.01. The summed E-state index contributed by atoms with van der Waals surface area (Å²) in [5.74, 6) is -1.72. The van der Waals surface area contributed by atoms with E-state index in [0.717, 1.165) is 18.2 Å². The van der Waals surface area contributed by atoms with Crippen molar-refractivity contribution in [3.05, 3.63) is 35.4 Å². The number of aliphatic hydroxyl groups is 1. The van der Waals surface area contributed by atoms with Crippen LogP contribution in [0.5, 0.6) is 0 Å². The predicted octanol–water partition coefficient (Wildman–Crippen LogP) is 1.30. The molecule has 3 nitrogen and oxygen atoms in total. The zero-order valence-corrected chi connectivity index (χ0v) is 10.5. The normalized spacial score (nSPS) is 24.1. The van der Waals surface area contributed by atoms with E-state index in [1.165, 1.54) is 0 Å². The Morgan fingerprint density at radius 1 is 1.28 bits per heavy atom. The number of aliphatic hydroxyl groups excluding tert-OH is 1. The molecule has 0 saturated carbocycles. The lowest BCUT2D eigenvalue weighted by Gasteiger charge is -2.16. The van der Waals surface area contributed by atoms with Gasteiger partial charge in [-0.25, -0.2) is 17.2 Å². The lowest BCUT2D eigenvalue weighted by atomic mass is 9.95. The van der Waals surface area contributed by atoms with Gasteiger partial charge in [-0.2, -0.15) is 0 Å². The van der Waals surface area contributed by atoms with Crippen LogP contribution in [0.4, 0.5) is 8.78 Å². The highest BCUT2D eigenvalue weighted by Crippen LogP contribution is 2.24. The molecule has 1 aliphatic heterocycles. The first kappa shape index (κ1) is 13.4. The molecule has 1 fully saturated rings. The topological polar surface area (TPSA) is 54.4 Å². The molecular weight excluding hydrogens is 262 g/mol. The van der Waals surface area contributed by atoms with Crippen molar-refractivity contribution in [3.63, 3.8) is 0 Å². The second kappa shape index (κ2) is 4.93. The van der Waals surface area contributed by atoms with E-state index in [1.54, 1.807) is 0 Å². The summed E-state index contributed by atoms with van der Waals surface area (Å²) in [7, 11) is -3.06. The smallest absolute Gasteiger partial charge is 0.150 e. The predicted molar refractivity (Wildman–Crippen MR) is 62.8 cm³/mol. The van der Waals surface area contributed by atoms with Gasteiger partial charge in [0.25, 0.3) is 0 Å². The van der Waals surface area contributed by atoms with Gasteiger partial charge in [0.15, 0.2) is 9.84 Å². The number of sulfone groups is 1. The van der Waals surface area contributed by atoms with E-state index in [9.17, 15) is 22.3 Å². The average Bonchev–Trinajstić information content (AvgIpc) is 2.57. The SMILES string of the molecule is O=S1(=O)CCC(C(O)Cc2cc(F)cc(F)c2)C1. The molecule has 0 aromatic heterocycles. The Kier molecular flexibility index (Phi) is 3.68. The molecule has 1 aromatic rings. The molecule has 2 atom stereocenters. The second-order valence-corrected chi connectivity index (χ2v) is 6.94. The second-order valence-electron chi connectivity index (χ2n) is 4.71. The van der Waals surface area contributed by atoms with Gasteiger partial charge in [0.1, 0.15) is 11.6 Å². The largest absolute Gasteiger partial charge is 0.392 e. The van der Waals surface area contributed by atoms with Crippen LogP contribution in [0, 0.1) is 17.6 Å². The highest BCUT2D eigenvalue weighted by Gasteiger charge is 2.32. The maximum Gasteiger partial charge on any atom is 0.150 e. The molecule has 1 aliphatic rings. The van der Waals surface area contributed by atoms with Crippen LogP contribution in [-0.2, 0) is 16.3 Å². The van der Waals surface area contributed by atoms with Crippen molar-refractivity contribution in [2.45, 2.75) is 18.9 Å². The molecule has 2 rings (SSSR count). The molecule has 1 aromatic carbocycles. The van der Waals surface area contributed by atoms with Crippen LogP contribution in [0.3, 0.4) is 0 Å². The minimum atomic E-state index is -3.06. The molecule has 2 unspecified atom stereocenters. The van der Waals surface area contributed by atoms with Crippen LogP contribution < -0.4 is 0 Å². The maximum absolute atomic E-state index is 13.0. The van der Waals surface area contributed by atoms with Gasteiger partial charge in [0.2, 0.25) is 0 Å². The van der Waals surface area contributed by atoms with Crippen LogP contribution >= 0.6 is 0 Å². The molecule has 1 N–H and O–H groups in total. The van der Waals surface area contributed by atoms with Crippen LogP contribution in [0.2, 0.25) is 0 Å². The standard InChI is InChI=1S/C12H14F2O3S/c13-10-3-8(4-11(14)6-10)5-12(15)9-1-2-18(16,17)7-9/h3-4,6,9,12,15H,1-2,5,7H2. The van der Waals surface area contributed by atoms with E-state index in [0.29, 0.717) is 12.0 Å². The monoisotopic (exact) mass is 276 g/mol. The molecule has 0 bridgehead atoms. The molecule has 1 heterocycles. The van der Waals surface area contributed by atoms with Gasteiger partial charge in [-0.1, -0.05) is 0 Å². The Balaban J connectivity index is 2.05. The molecular formula is C12H14F2O3S. The van der Waals surface area contributed by atoms with Gasteiger partial charge >= 0.3 is 0 Å². The molecule has 6 heteroatoms. The lowest BCUT2D eigenvalue weighted by molar-refractivity contribution is 0.120. The minimum Gasteiger partial charge on any atom is -0.392 e. The number of hydrogen-bond donors (Lipinski definition) is 1. The van der Waals surface area contributed by atoms with E-state index in [2.05, 4.69) is 0 Å². The fraction of sp³-hybridized carbons (Fsp3) is 0.500. The van der Waals surface area contributed by atoms with E-state index < -0.39 is 27.6 Å². The molecule has 100 valence electrons. The van der Waals surface area contributed by atoms with Gasteiger partial charge in [-0.15, -0.1) is 0 Å². The minimum absolute atomic E-state index is 0.0496. The maximum atomic E-state index is 13.0. The fourth-order valence-electron chi connectivity index (χ4n) is 2.26. The Morgan fingerprint density at radius 2 is 1.89 bits per heavy atom. The number of benzene rings is 1. The van der Waals surface area contributed by atoms with Gasteiger partial charge in [0, 0.05) is 12.0 Å². The third-order valence-electron chi connectivity index (χ3n) is 3.18. The Labute approximate surface area is 104 Å². The van der Waals surface area contributed by atoms with Gasteiger partial charge in [-0.3, -0.25) is 0 Å². The highest BCUT2D eigenvalue weighted by atomic mass is 32.2. The van der Waals surface area contributed by atoms with Gasteiger partial charge in [0.05, 0.1) is 17.6 Å². The Morgan fingerprint density at radius 3 is 2.39 bits per heavy atom. The summed E-state index contributed by atoms with van der Waals surface area (Å²) in [6.45, 7) is 0. The number of hydrogen-bond acceptors (Lipinski definition) is 3. The fourth-order valence-corrected chi connectivity index (χ4v) is 4.13. The van der Waals surface area contributed by atoms with Crippen molar-refractivity contribution in [1.29, 1.82) is 0 Å². The molecule has 0 radical (unpaired) electrons. The summed E-state index contributed by atoms with van der Waals surface area (Å²) in [6, 6.07) is 3.06. The molecule has 18 heavy (non-hydrogen) atoms. The van der Waals surface area contributed by atoms with Gasteiger partial charge < -0.3 is 5.11 Å². The summed E-state index contributed by atoms with van der Waals surface area (Å²) in [6.07, 6.45) is -0.417. The van der Waals surface area contributed by atoms with Crippen molar-refractivity contribution >= 4 is 9.84 Å².